The van der Waals surface area contributed by atoms with Crippen LogP contribution >= 0.6 is 0 Å². The van der Waals surface area contributed by atoms with Crippen molar-refractivity contribution in [1.29, 1.82) is 0 Å². The molecule has 1 atom stereocenters. The lowest BCUT2D eigenvalue weighted by Gasteiger charge is -2.23. The fraction of sp³-hybridized carbons (Fsp3) is 0.263. The van der Waals surface area contributed by atoms with Gasteiger partial charge in [0.25, 0.3) is 6.47 Å². The van der Waals surface area contributed by atoms with Crippen LogP contribution in [0.3, 0.4) is 0 Å². The summed E-state index contributed by atoms with van der Waals surface area (Å²) in [6, 6.07) is 6.88. The molecule has 1 amide bonds. The smallest absolute Gasteiger partial charge is 0.290 e. The number of methoxy groups -OCH3 is 1. The van der Waals surface area contributed by atoms with Crippen LogP contribution in [-0.2, 0) is 9.59 Å². The summed E-state index contributed by atoms with van der Waals surface area (Å²) < 4.78 is 7.18. The zero-order valence-corrected chi connectivity index (χ0v) is 15.6. The predicted octanol–water partition coefficient (Wildman–Crippen LogP) is 2.24. The van der Waals surface area contributed by atoms with Gasteiger partial charge in [0, 0.05) is 40.9 Å². The maximum Gasteiger partial charge on any atom is 0.290 e. The Morgan fingerprint density at radius 2 is 2.04 bits per heavy atom. The fourth-order valence-corrected chi connectivity index (χ4v) is 3.47. The summed E-state index contributed by atoms with van der Waals surface area (Å²) in [5.74, 6) is 0.827. The molecular weight excluding hydrogens is 364 g/mol. The Morgan fingerprint density at radius 3 is 2.71 bits per heavy atom. The molecule has 2 aromatic heterocycles. The Hall–Kier alpha value is -3.62. The number of hydrogen-bond donors (Lipinski definition) is 3. The number of hydrogen-bond acceptors (Lipinski definition) is 6. The number of anilines is 1. The fourth-order valence-electron chi connectivity index (χ4n) is 3.47. The van der Waals surface area contributed by atoms with E-state index < -0.39 is 0 Å². The molecule has 3 N–H and O–H groups in total. The average molecular weight is 384 g/mol. The number of ether oxygens (including phenoxy) is 1. The predicted molar refractivity (Wildman–Crippen MR) is 101 cm³/mol. The molecule has 1 aliphatic heterocycles. The summed E-state index contributed by atoms with van der Waals surface area (Å²) >= 11 is 0. The molecule has 4 rings (SSSR count). The van der Waals surface area contributed by atoms with E-state index in [1.54, 1.807) is 29.8 Å². The van der Waals surface area contributed by atoms with Crippen molar-refractivity contribution in [3.63, 3.8) is 0 Å². The normalized spacial score (nSPS) is 15.2. The number of fused-ring (bicyclic) bond motifs is 3. The number of aromatic hydroxyl groups is 1. The van der Waals surface area contributed by atoms with Crippen molar-refractivity contribution in [2.75, 3.05) is 12.4 Å². The third-order valence-electron chi connectivity index (χ3n) is 4.52. The number of phenols is 1. The molecule has 1 aromatic carbocycles. The van der Waals surface area contributed by atoms with Crippen molar-refractivity contribution in [3.05, 3.63) is 46.8 Å². The van der Waals surface area contributed by atoms with E-state index in [2.05, 4.69) is 15.4 Å². The minimum absolute atomic E-state index is 0.106. The zero-order valence-electron chi connectivity index (χ0n) is 15.6. The molecule has 9 heteroatoms. The summed E-state index contributed by atoms with van der Waals surface area (Å²) in [6.45, 7) is 3.64. The van der Waals surface area contributed by atoms with E-state index >= 15 is 0 Å². The number of aryl methyl sites for hydroxylation is 2. The third kappa shape index (κ3) is 3.34. The van der Waals surface area contributed by atoms with Gasteiger partial charge in [-0.15, -0.1) is 5.10 Å². The largest absolute Gasteiger partial charge is 0.508 e. The van der Waals surface area contributed by atoms with Crippen LogP contribution in [0.2, 0.25) is 0 Å². The Bertz CT molecular complexity index is 1060. The van der Waals surface area contributed by atoms with E-state index in [-0.39, 0.29) is 30.5 Å². The van der Waals surface area contributed by atoms with Gasteiger partial charge in [0.2, 0.25) is 5.91 Å². The first-order chi connectivity index (χ1) is 13.4. The van der Waals surface area contributed by atoms with Gasteiger partial charge < -0.3 is 20.3 Å². The van der Waals surface area contributed by atoms with Crippen molar-refractivity contribution in [1.82, 2.24) is 14.6 Å². The summed E-state index contributed by atoms with van der Waals surface area (Å²) in [7, 11) is 1.55. The molecular formula is C19H20N4O5. The molecule has 0 saturated carbocycles. The second-order valence-corrected chi connectivity index (χ2v) is 6.37. The van der Waals surface area contributed by atoms with Crippen molar-refractivity contribution in [2.24, 2.45) is 0 Å². The molecule has 0 aliphatic carbocycles. The van der Waals surface area contributed by atoms with Gasteiger partial charge in [0.15, 0.2) is 11.5 Å². The number of carboxylic acid groups (broad SMARTS) is 1. The van der Waals surface area contributed by atoms with E-state index in [0.717, 1.165) is 28.2 Å². The Balaban J connectivity index is 0.000000706. The van der Waals surface area contributed by atoms with E-state index in [1.807, 2.05) is 19.9 Å². The van der Waals surface area contributed by atoms with Crippen molar-refractivity contribution in [3.8, 4) is 11.5 Å². The average Bonchev–Trinajstić information content (AvgIpc) is 3.00. The van der Waals surface area contributed by atoms with Crippen LogP contribution < -0.4 is 10.1 Å². The monoisotopic (exact) mass is 384 g/mol. The highest BCUT2D eigenvalue weighted by molar-refractivity contribution is 5.96. The second kappa shape index (κ2) is 7.55. The molecule has 0 saturated heterocycles. The molecule has 1 unspecified atom stereocenters. The summed E-state index contributed by atoms with van der Waals surface area (Å²) in [6.07, 6.45) is 0.268. The number of benzene rings is 1. The molecule has 28 heavy (non-hydrogen) atoms. The highest BCUT2D eigenvalue weighted by Gasteiger charge is 2.34. The third-order valence-corrected chi connectivity index (χ3v) is 4.52. The number of amides is 1. The quantitative estimate of drug-likeness (QED) is 0.578. The summed E-state index contributed by atoms with van der Waals surface area (Å²) in [5, 5.41) is 24.0. The van der Waals surface area contributed by atoms with Crippen LogP contribution in [0.25, 0.3) is 5.65 Å². The van der Waals surface area contributed by atoms with Gasteiger partial charge in [-0.2, -0.15) is 0 Å². The highest BCUT2D eigenvalue weighted by Crippen LogP contribution is 2.43. The van der Waals surface area contributed by atoms with Gasteiger partial charge in [-0.25, -0.2) is 9.50 Å². The Labute approximate surface area is 160 Å². The van der Waals surface area contributed by atoms with Crippen LogP contribution in [0.4, 0.5) is 5.82 Å². The number of carbonyl (C=O) groups excluding carboxylic acids is 1. The molecule has 0 bridgehead atoms. The van der Waals surface area contributed by atoms with E-state index in [4.69, 9.17) is 14.6 Å². The first kappa shape index (κ1) is 19.2. The van der Waals surface area contributed by atoms with Gasteiger partial charge in [-0.3, -0.25) is 9.59 Å². The first-order valence-electron chi connectivity index (χ1n) is 8.51. The van der Waals surface area contributed by atoms with Gasteiger partial charge in [-0.05, 0) is 26.0 Å². The molecule has 0 fully saturated rings. The van der Waals surface area contributed by atoms with Gasteiger partial charge in [0.1, 0.15) is 11.5 Å². The molecule has 0 radical (unpaired) electrons. The maximum atomic E-state index is 12.2. The number of rotatable bonds is 2. The van der Waals surface area contributed by atoms with Crippen LogP contribution in [-0.4, -0.2) is 44.3 Å². The van der Waals surface area contributed by atoms with E-state index in [0.29, 0.717) is 11.6 Å². The SMILES string of the molecule is COc1cc(O)ccc1C1CC(=O)Nc2nn3c(C)cc(C)nc3c21.O=CO. The first-order valence-corrected chi connectivity index (χ1v) is 8.51. The standard InChI is InChI=1S/C18H18N4O3.CH2O2/c1-9-6-10(2)22-18(19-9)16-13(8-15(24)20-17(16)21-22)12-5-4-11(23)7-14(12)25-3;2-1-3/h4-7,13,23H,8H2,1-3H3,(H,20,21,24);1H,(H,2,3). The van der Waals surface area contributed by atoms with Crippen LogP contribution in [0.5, 0.6) is 11.5 Å². The second-order valence-electron chi connectivity index (χ2n) is 6.37. The van der Waals surface area contributed by atoms with Gasteiger partial charge in [-0.1, -0.05) is 6.07 Å². The number of nitrogens with one attached hydrogen (secondary N) is 1. The number of aromatic nitrogens is 3. The molecule has 3 aromatic rings. The van der Waals surface area contributed by atoms with E-state index in [1.165, 1.54) is 0 Å². The minimum atomic E-state index is -0.250. The number of phenolic OH excluding ortho intramolecular Hbond substituents is 1. The molecule has 0 spiro atoms. The Kier molecular flexibility index (Phi) is 5.16. The highest BCUT2D eigenvalue weighted by atomic mass is 16.5. The lowest BCUT2D eigenvalue weighted by atomic mass is 9.86. The van der Waals surface area contributed by atoms with Crippen molar-refractivity contribution >= 4 is 23.8 Å². The topological polar surface area (TPSA) is 126 Å². The maximum absolute atomic E-state index is 12.2. The molecule has 9 nitrogen and oxygen atoms in total. The van der Waals surface area contributed by atoms with Crippen LogP contribution in [0, 0.1) is 13.8 Å². The number of carbonyl (C=O) groups is 2. The van der Waals surface area contributed by atoms with Crippen LogP contribution in [0.15, 0.2) is 24.3 Å². The van der Waals surface area contributed by atoms with Crippen molar-refractivity contribution < 1.29 is 24.5 Å². The molecule has 1 aliphatic rings. The lowest BCUT2D eigenvalue weighted by molar-refractivity contribution is -0.123. The Morgan fingerprint density at radius 1 is 1.32 bits per heavy atom. The van der Waals surface area contributed by atoms with Gasteiger partial charge >= 0.3 is 0 Å². The molecule has 3 heterocycles. The zero-order chi connectivity index (χ0) is 20.4. The minimum Gasteiger partial charge on any atom is -0.508 e. The van der Waals surface area contributed by atoms with Crippen molar-refractivity contribution in [2.45, 2.75) is 26.2 Å². The summed E-state index contributed by atoms with van der Waals surface area (Å²) in [5.41, 5.74) is 4.26. The molecule has 146 valence electrons. The van der Waals surface area contributed by atoms with Crippen LogP contribution in [0.1, 0.15) is 34.9 Å². The van der Waals surface area contributed by atoms with Gasteiger partial charge in [0.05, 0.1) is 7.11 Å². The number of nitrogens with zero attached hydrogens (tertiary/aromatic N) is 3. The summed E-state index contributed by atoms with van der Waals surface area (Å²) in [4.78, 5) is 25.2. The van der Waals surface area contributed by atoms with E-state index in [9.17, 15) is 9.90 Å². The lowest BCUT2D eigenvalue weighted by Crippen LogP contribution is -2.23.